The van der Waals surface area contributed by atoms with Crippen molar-refractivity contribution in [2.45, 2.75) is 6.61 Å². The highest BCUT2D eigenvalue weighted by molar-refractivity contribution is 9.10. The molecule has 14 heavy (non-hydrogen) atoms. The van der Waals surface area contributed by atoms with Crippen molar-refractivity contribution in [1.82, 2.24) is 9.55 Å². The monoisotopic (exact) mass is 250 g/mol. The van der Waals surface area contributed by atoms with Gasteiger partial charge in [-0.3, -0.25) is 4.57 Å². The fourth-order valence-electron chi connectivity index (χ4n) is 1.63. The van der Waals surface area contributed by atoms with Gasteiger partial charge in [-0.25, -0.2) is 4.98 Å². The van der Waals surface area contributed by atoms with Gasteiger partial charge in [-0.15, -0.1) is 0 Å². The van der Waals surface area contributed by atoms with Crippen molar-refractivity contribution in [3.05, 3.63) is 40.9 Å². The summed E-state index contributed by atoms with van der Waals surface area (Å²) in [5, 5.41) is 0. The Kier molecular flexibility index (Phi) is 1.64. The van der Waals surface area contributed by atoms with E-state index < -0.39 is 0 Å². The second-order valence-corrected chi connectivity index (χ2v) is 3.94. The van der Waals surface area contributed by atoms with Crippen LogP contribution in [-0.4, -0.2) is 9.55 Å². The first-order valence-corrected chi connectivity index (χ1v) is 5.09. The normalized spacial score (nSPS) is 12.9. The zero-order valence-electron chi connectivity index (χ0n) is 7.27. The maximum atomic E-state index is 5.61. The van der Waals surface area contributed by atoms with E-state index in [-0.39, 0.29) is 0 Å². The number of rotatable bonds is 0. The van der Waals surface area contributed by atoms with Crippen molar-refractivity contribution >= 4 is 15.9 Å². The Bertz CT molecular complexity index is 493. The molecule has 0 aliphatic carbocycles. The number of ether oxygens (including phenoxy) is 1. The molecule has 0 atom stereocenters. The Labute approximate surface area is 89.5 Å². The number of hydrogen-bond donors (Lipinski definition) is 0. The molecule has 1 aromatic carbocycles. The van der Waals surface area contributed by atoms with Crippen molar-refractivity contribution in [3.8, 4) is 11.4 Å². The molecule has 0 bridgehead atoms. The summed E-state index contributed by atoms with van der Waals surface area (Å²) < 4.78 is 8.63. The Morgan fingerprint density at radius 1 is 1.43 bits per heavy atom. The predicted molar refractivity (Wildman–Crippen MR) is 55.6 cm³/mol. The van der Waals surface area contributed by atoms with Crippen molar-refractivity contribution < 1.29 is 4.74 Å². The molecule has 0 saturated heterocycles. The first kappa shape index (κ1) is 8.05. The lowest BCUT2D eigenvalue weighted by atomic mass is 10.2. The minimum Gasteiger partial charge on any atom is -0.482 e. The van der Waals surface area contributed by atoms with E-state index in [0.717, 1.165) is 21.7 Å². The summed E-state index contributed by atoms with van der Waals surface area (Å²) in [6.07, 6.45) is 3.73. The van der Waals surface area contributed by atoms with E-state index in [1.54, 1.807) is 6.20 Å². The van der Waals surface area contributed by atoms with Crippen molar-refractivity contribution in [2.75, 3.05) is 0 Å². The van der Waals surface area contributed by atoms with Crippen LogP contribution in [0.3, 0.4) is 0 Å². The van der Waals surface area contributed by atoms with Gasteiger partial charge in [0.15, 0.2) is 11.6 Å². The van der Waals surface area contributed by atoms with Gasteiger partial charge in [0.2, 0.25) is 0 Å². The average molecular weight is 251 g/mol. The van der Waals surface area contributed by atoms with E-state index in [9.17, 15) is 0 Å². The summed E-state index contributed by atoms with van der Waals surface area (Å²) in [6.45, 7) is 0.530. The molecule has 1 aliphatic rings. The molecule has 4 heteroatoms. The Morgan fingerprint density at radius 3 is 3.29 bits per heavy atom. The van der Waals surface area contributed by atoms with Gasteiger partial charge < -0.3 is 4.74 Å². The highest BCUT2D eigenvalue weighted by atomic mass is 79.9. The lowest BCUT2D eigenvalue weighted by molar-refractivity contribution is 0.278. The van der Waals surface area contributed by atoms with E-state index in [1.165, 1.54) is 0 Å². The molecule has 0 radical (unpaired) electrons. The van der Waals surface area contributed by atoms with Crippen LogP contribution in [0, 0.1) is 0 Å². The zero-order valence-corrected chi connectivity index (χ0v) is 8.86. The van der Waals surface area contributed by atoms with Crippen LogP contribution in [-0.2, 0) is 6.61 Å². The van der Waals surface area contributed by atoms with E-state index >= 15 is 0 Å². The van der Waals surface area contributed by atoms with Gasteiger partial charge in [0.25, 0.3) is 0 Å². The largest absolute Gasteiger partial charge is 0.482 e. The van der Waals surface area contributed by atoms with E-state index in [4.69, 9.17) is 4.74 Å². The fourth-order valence-corrected chi connectivity index (χ4v) is 2.10. The Balaban J connectivity index is 2.31. The van der Waals surface area contributed by atoms with Gasteiger partial charge in [-0.2, -0.15) is 0 Å². The van der Waals surface area contributed by atoms with Gasteiger partial charge in [0, 0.05) is 12.4 Å². The molecule has 2 heterocycles. The van der Waals surface area contributed by atoms with E-state index in [2.05, 4.69) is 20.9 Å². The maximum absolute atomic E-state index is 5.61. The Hall–Kier alpha value is -1.29. The zero-order chi connectivity index (χ0) is 9.54. The molecule has 1 aliphatic heterocycles. The molecule has 3 rings (SSSR count). The lowest BCUT2D eigenvalue weighted by Gasteiger charge is -2.20. The Morgan fingerprint density at radius 2 is 2.36 bits per heavy atom. The van der Waals surface area contributed by atoms with Gasteiger partial charge in [-0.05, 0) is 28.1 Å². The third-order valence-electron chi connectivity index (χ3n) is 2.27. The summed E-state index contributed by atoms with van der Waals surface area (Å²) in [4.78, 5) is 4.21. The predicted octanol–water partition coefficient (Wildman–Crippen LogP) is 2.53. The summed E-state index contributed by atoms with van der Waals surface area (Å²) in [5.74, 6) is 1.83. The molecule has 0 unspecified atom stereocenters. The number of para-hydroxylation sites is 1. The molecule has 70 valence electrons. The molecular weight excluding hydrogens is 244 g/mol. The third-order valence-corrected chi connectivity index (χ3v) is 2.89. The van der Waals surface area contributed by atoms with Crippen LogP contribution in [0.2, 0.25) is 0 Å². The second-order valence-electron chi connectivity index (χ2n) is 3.09. The van der Waals surface area contributed by atoms with E-state index in [0.29, 0.717) is 6.61 Å². The number of aromatic nitrogens is 2. The van der Waals surface area contributed by atoms with Crippen molar-refractivity contribution in [1.29, 1.82) is 0 Å². The number of nitrogens with zero attached hydrogens (tertiary/aromatic N) is 2. The van der Waals surface area contributed by atoms with Crippen LogP contribution in [0.5, 0.6) is 5.75 Å². The minimum absolute atomic E-state index is 0.530. The van der Waals surface area contributed by atoms with Crippen LogP contribution >= 0.6 is 15.9 Å². The van der Waals surface area contributed by atoms with Crippen LogP contribution in [0.15, 0.2) is 35.1 Å². The first-order chi connectivity index (χ1) is 6.86. The number of hydrogen-bond acceptors (Lipinski definition) is 2. The fraction of sp³-hybridized carbons (Fsp3) is 0.100. The standard InChI is InChI=1S/C10H7BrN2O/c11-7-2-1-3-8-10(7)14-6-9-12-4-5-13(8)9/h1-5H,6H2. The molecule has 1 aromatic heterocycles. The van der Waals surface area contributed by atoms with Crippen LogP contribution in [0.25, 0.3) is 5.69 Å². The lowest BCUT2D eigenvalue weighted by Crippen LogP contribution is -2.12. The SMILES string of the molecule is Brc1cccc2c1OCc1nccn1-2. The molecular formula is C10H7BrN2O. The smallest absolute Gasteiger partial charge is 0.158 e. The van der Waals surface area contributed by atoms with Gasteiger partial charge >= 0.3 is 0 Å². The minimum atomic E-state index is 0.530. The van der Waals surface area contributed by atoms with Crippen LogP contribution < -0.4 is 4.74 Å². The highest BCUT2D eigenvalue weighted by Gasteiger charge is 2.18. The summed E-state index contributed by atoms with van der Waals surface area (Å²) in [5.41, 5.74) is 1.04. The second kappa shape index (κ2) is 2.85. The molecule has 0 spiro atoms. The maximum Gasteiger partial charge on any atom is 0.158 e. The van der Waals surface area contributed by atoms with Gasteiger partial charge in [-0.1, -0.05) is 6.07 Å². The number of imidazole rings is 1. The van der Waals surface area contributed by atoms with E-state index in [1.807, 2.05) is 29.0 Å². The molecule has 0 fully saturated rings. The highest BCUT2D eigenvalue weighted by Crippen LogP contribution is 2.35. The summed E-state index contributed by atoms with van der Waals surface area (Å²) in [7, 11) is 0. The number of benzene rings is 1. The number of fused-ring (bicyclic) bond motifs is 3. The first-order valence-electron chi connectivity index (χ1n) is 4.30. The van der Waals surface area contributed by atoms with Crippen molar-refractivity contribution in [3.63, 3.8) is 0 Å². The molecule has 0 amide bonds. The van der Waals surface area contributed by atoms with Crippen LogP contribution in [0.4, 0.5) is 0 Å². The molecule has 0 saturated carbocycles. The van der Waals surface area contributed by atoms with Crippen LogP contribution in [0.1, 0.15) is 5.82 Å². The third kappa shape index (κ3) is 1.00. The van der Waals surface area contributed by atoms with Gasteiger partial charge in [0.1, 0.15) is 6.61 Å². The van der Waals surface area contributed by atoms with Crippen molar-refractivity contribution in [2.24, 2.45) is 0 Å². The molecule has 0 N–H and O–H groups in total. The topological polar surface area (TPSA) is 27.1 Å². The average Bonchev–Trinajstić information content (AvgIpc) is 2.66. The molecule has 3 nitrogen and oxygen atoms in total. The summed E-state index contributed by atoms with van der Waals surface area (Å²) in [6, 6.07) is 5.98. The number of halogens is 1. The molecule has 2 aromatic rings. The van der Waals surface area contributed by atoms with Gasteiger partial charge in [0.05, 0.1) is 10.2 Å². The quantitative estimate of drug-likeness (QED) is 0.719. The summed E-state index contributed by atoms with van der Waals surface area (Å²) >= 11 is 3.46.